The van der Waals surface area contributed by atoms with Gasteiger partial charge in [0.2, 0.25) is 0 Å². The molecule has 0 saturated carbocycles. The largest absolute Gasteiger partial charge is 0.416 e. The molecule has 0 spiro atoms. The van der Waals surface area contributed by atoms with Gasteiger partial charge in [0.15, 0.2) is 0 Å². The predicted molar refractivity (Wildman–Crippen MR) is 76.7 cm³/mol. The molecule has 0 aliphatic heterocycles. The van der Waals surface area contributed by atoms with Crippen LogP contribution in [0.1, 0.15) is 34.3 Å². The SMILES string of the molecule is N[C@H](c1ccc(C(F)(F)F)cc1)[C@@H](N)c1ccc(C(F)(F)F)cc1. The van der Waals surface area contributed by atoms with Gasteiger partial charge in [-0.15, -0.1) is 0 Å². The summed E-state index contributed by atoms with van der Waals surface area (Å²) in [6.07, 6.45) is -8.92. The molecule has 24 heavy (non-hydrogen) atoms. The van der Waals surface area contributed by atoms with Gasteiger partial charge in [0.25, 0.3) is 0 Å². The highest BCUT2D eigenvalue weighted by Gasteiger charge is 2.31. The molecule has 2 nitrogen and oxygen atoms in total. The Labute approximate surface area is 134 Å². The van der Waals surface area contributed by atoms with Crippen LogP contribution in [0.2, 0.25) is 0 Å². The molecular formula is C16H14F6N2. The predicted octanol–water partition coefficient (Wildman–Crippen LogP) is 4.42. The van der Waals surface area contributed by atoms with Gasteiger partial charge in [0, 0.05) is 12.1 Å². The van der Waals surface area contributed by atoms with E-state index in [-0.39, 0.29) is 0 Å². The van der Waals surface area contributed by atoms with Crippen LogP contribution in [0.15, 0.2) is 48.5 Å². The van der Waals surface area contributed by atoms with Crippen molar-refractivity contribution < 1.29 is 26.3 Å². The van der Waals surface area contributed by atoms with Crippen molar-refractivity contribution in [1.29, 1.82) is 0 Å². The first-order chi connectivity index (χ1) is 11.0. The lowest BCUT2D eigenvalue weighted by Gasteiger charge is -2.21. The van der Waals surface area contributed by atoms with E-state index in [1.165, 1.54) is 24.3 Å². The quantitative estimate of drug-likeness (QED) is 0.807. The molecule has 0 aliphatic rings. The lowest BCUT2D eigenvalue weighted by molar-refractivity contribution is -0.138. The van der Waals surface area contributed by atoms with Crippen molar-refractivity contribution in [3.8, 4) is 0 Å². The van der Waals surface area contributed by atoms with Gasteiger partial charge < -0.3 is 11.5 Å². The van der Waals surface area contributed by atoms with Crippen molar-refractivity contribution in [2.45, 2.75) is 24.4 Å². The van der Waals surface area contributed by atoms with Crippen molar-refractivity contribution in [2.75, 3.05) is 0 Å². The van der Waals surface area contributed by atoms with Crippen LogP contribution in [0.4, 0.5) is 26.3 Å². The highest BCUT2D eigenvalue weighted by molar-refractivity contribution is 5.32. The molecule has 0 unspecified atom stereocenters. The molecule has 0 bridgehead atoms. The maximum atomic E-state index is 12.5. The zero-order valence-corrected chi connectivity index (χ0v) is 12.2. The minimum Gasteiger partial charge on any atom is -0.322 e. The molecule has 0 radical (unpaired) electrons. The van der Waals surface area contributed by atoms with E-state index in [1.54, 1.807) is 0 Å². The van der Waals surface area contributed by atoms with Gasteiger partial charge in [-0.2, -0.15) is 26.3 Å². The molecule has 2 aromatic rings. The van der Waals surface area contributed by atoms with Gasteiger partial charge in [-0.1, -0.05) is 24.3 Å². The first kappa shape index (κ1) is 18.3. The van der Waals surface area contributed by atoms with E-state index in [4.69, 9.17) is 11.5 Å². The second-order valence-corrected chi connectivity index (χ2v) is 5.29. The Morgan fingerprint density at radius 2 is 0.792 bits per heavy atom. The Kier molecular flexibility index (Phi) is 4.91. The monoisotopic (exact) mass is 348 g/mol. The van der Waals surface area contributed by atoms with Crippen LogP contribution in [-0.2, 0) is 12.4 Å². The molecule has 0 aliphatic carbocycles. The molecule has 0 fully saturated rings. The summed E-state index contributed by atoms with van der Waals surface area (Å²) < 4.78 is 75.2. The number of rotatable bonds is 3. The van der Waals surface area contributed by atoms with Crippen LogP contribution in [0.3, 0.4) is 0 Å². The van der Waals surface area contributed by atoms with Crippen molar-refractivity contribution in [3.05, 3.63) is 70.8 Å². The Morgan fingerprint density at radius 1 is 0.542 bits per heavy atom. The van der Waals surface area contributed by atoms with Gasteiger partial charge in [0.05, 0.1) is 11.1 Å². The summed E-state index contributed by atoms with van der Waals surface area (Å²) >= 11 is 0. The minimum absolute atomic E-state index is 0.357. The molecular weight excluding hydrogens is 334 g/mol. The summed E-state index contributed by atoms with van der Waals surface area (Å²) in [4.78, 5) is 0. The van der Waals surface area contributed by atoms with E-state index < -0.39 is 35.6 Å². The number of alkyl halides is 6. The van der Waals surface area contributed by atoms with Crippen LogP contribution in [0.25, 0.3) is 0 Å². The van der Waals surface area contributed by atoms with Crippen LogP contribution < -0.4 is 11.5 Å². The van der Waals surface area contributed by atoms with Gasteiger partial charge in [-0.05, 0) is 35.4 Å². The number of hydrogen-bond acceptors (Lipinski definition) is 2. The molecule has 4 N–H and O–H groups in total. The van der Waals surface area contributed by atoms with Crippen molar-refractivity contribution >= 4 is 0 Å². The summed E-state index contributed by atoms with van der Waals surface area (Å²) in [6.45, 7) is 0. The molecule has 0 saturated heterocycles. The summed E-state index contributed by atoms with van der Waals surface area (Å²) in [5, 5.41) is 0. The third kappa shape index (κ3) is 4.07. The van der Waals surface area contributed by atoms with Gasteiger partial charge in [-0.25, -0.2) is 0 Å². The van der Waals surface area contributed by atoms with E-state index in [9.17, 15) is 26.3 Å². The first-order valence-corrected chi connectivity index (χ1v) is 6.85. The molecule has 2 aromatic carbocycles. The molecule has 0 amide bonds. The number of benzene rings is 2. The summed E-state index contributed by atoms with van der Waals surface area (Å²) in [6, 6.07) is 6.64. The van der Waals surface area contributed by atoms with E-state index in [0.717, 1.165) is 24.3 Å². The molecule has 2 rings (SSSR count). The van der Waals surface area contributed by atoms with Gasteiger partial charge >= 0.3 is 12.4 Å². The van der Waals surface area contributed by atoms with Crippen molar-refractivity contribution in [1.82, 2.24) is 0 Å². The van der Waals surface area contributed by atoms with Crippen molar-refractivity contribution in [3.63, 3.8) is 0 Å². The molecule has 130 valence electrons. The second kappa shape index (κ2) is 6.45. The first-order valence-electron chi connectivity index (χ1n) is 6.85. The fraction of sp³-hybridized carbons (Fsp3) is 0.250. The van der Waals surface area contributed by atoms with Crippen LogP contribution in [-0.4, -0.2) is 0 Å². The Hall–Kier alpha value is -2.06. The smallest absolute Gasteiger partial charge is 0.322 e. The number of halogens is 6. The second-order valence-electron chi connectivity index (χ2n) is 5.29. The topological polar surface area (TPSA) is 52.0 Å². The fourth-order valence-electron chi connectivity index (χ4n) is 2.20. The van der Waals surface area contributed by atoms with Crippen LogP contribution >= 0.6 is 0 Å². The van der Waals surface area contributed by atoms with Crippen molar-refractivity contribution in [2.24, 2.45) is 11.5 Å². The van der Waals surface area contributed by atoms with E-state index in [2.05, 4.69) is 0 Å². The van der Waals surface area contributed by atoms with Gasteiger partial charge in [0.1, 0.15) is 0 Å². The average molecular weight is 348 g/mol. The molecule has 0 heterocycles. The number of hydrogen-bond donors (Lipinski definition) is 2. The lowest BCUT2D eigenvalue weighted by Crippen LogP contribution is -2.26. The lowest BCUT2D eigenvalue weighted by atomic mass is 9.93. The minimum atomic E-state index is -4.46. The summed E-state index contributed by atoms with van der Waals surface area (Å²) in [5.74, 6) is 0. The highest BCUT2D eigenvalue weighted by atomic mass is 19.4. The normalized spacial score (nSPS) is 15.2. The highest BCUT2D eigenvalue weighted by Crippen LogP contribution is 2.33. The Balaban J connectivity index is 2.18. The fourth-order valence-corrected chi connectivity index (χ4v) is 2.20. The van der Waals surface area contributed by atoms with E-state index in [0.29, 0.717) is 11.1 Å². The molecule has 2 atom stereocenters. The third-order valence-corrected chi connectivity index (χ3v) is 3.63. The van der Waals surface area contributed by atoms with Crippen LogP contribution in [0.5, 0.6) is 0 Å². The average Bonchev–Trinajstić information content (AvgIpc) is 2.52. The Bertz CT molecular complexity index is 612. The zero-order chi connectivity index (χ0) is 18.1. The van der Waals surface area contributed by atoms with E-state index >= 15 is 0 Å². The third-order valence-electron chi connectivity index (χ3n) is 3.63. The van der Waals surface area contributed by atoms with Gasteiger partial charge in [-0.3, -0.25) is 0 Å². The zero-order valence-electron chi connectivity index (χ0n) is 12.2. The summed E-state index contributed by atoms with van der Waals surface area (Å²) in [5.41, 5.74) is 10.9. The number of nitrogens with two attached hydrogens (primary N) is 2. The standard InChI is InChI=1S/C16H14F6N2/c17-15(18,19)11-5-1-9(2-6-11)13(23)14(24)10-3-7-12(8-4-10)16(20,21)22/h1-8,13-14H,23-24H2/t13-,14+. The molecule has 0 aromatic heterocycles. The van der Waals surface area contributed by atoms with Crippen LogP contribution in [0, 0.1) is 0 Å². The van der Waals surface area contributed by atoms with E-state index in [1.807, 2.05) is 0 Å². The summed E-state index contributed by atoms with van der Waals surface area (Å²) in [7, 11) is 0. The maximum absolute atomic E-state index is 12.5. The maximum Gasteiger partial charge on any atom is 0.416 e. The molecule has 8 heteroatoms. The Morgan fingerprint density at radius 3 is 1.00 bits per heavy atom.